The molecule has 3 rings (SSSR count). The van der Waals surface area contributed by atoms with Crippen LogP contribution in [0.5, 0.6) is 0 Å². The van der Waals surface area contributed by atoms with E-state index >= 15 is 0 Å². The quantitative estimate of drug-likeness (QED) is 0.912. The summed E-state index contributed by atoms with van der Waals surface area (Å²) < 4.78 is 0. The number of carboxylic acids is 1. The summed E-state index contributed by atoms with van der Waals surface area (Å²) >= 11 is 0. The van der Waals surface area contributed by atoms with Gasteiger partial charge in [-0.1, -0.05) is 36.4 Å². The van der Waals surface area contributed by atoms with Crippen molar-refractivity contribution in [2.45, 2.75) is 31.7 Å². The van der Waals surface area contributed by atoms with E-state index in [0.717, 1.165) is 24.0 Å². The van der Waals surface area contributed by atoms with Gasteiger partial charge in [0.15, 0.2) is 0 Å². The molecular formula is C19H19NO3. The maximum absolute atomic E-state index is 11.4. The minimum Gasteiger partial charge on any atom is -0.478 e. The number of hydrogen-bond donors (Lipinski definition) is 2. The average Bonchev–Trinajstić information content (AvgIpc) is 2.55. The van der Waals surface area contributed by atoms with E-state index in [1.807, 2.05) is 24.3 Å². The molecule has 23 heavy (non-hydrogen) atoms. The number of carbonyl (C=O) groups is 2. The predicted octanol–water partition coefficient (Wildman–Crippen LogP) is 3.49. The van der Waals surface area contributed by atoms with Gasteiger partial charge in [0.05, 0.1) is 11.6 Å². The van der Waals surface area contributed by atoms with Crippen LogP contribution in [0.25, 0.3) is 0 Å². The Morgan fingerprint density at radius 2 is 1.65 bits per heavy atom. The molecule has 0 bridgehead atoms. The van der Waals surface area contributed by atoms with Gasteiger partial charge in [0, 0.05) is 12.8 Å². The molecule has 2 atom stereocenters. The van der Waals surface area contributed by atoms with E-state index in [1.54, 1.807) is 19.1 Å². The van der Waals surface area contributed by atoms with E-state index < -0.39 is 5.97 Å². The number of carbonyl (C=O) groups excluding carboxylic acids is 1. The van der Waals surface area contributed by atoms with E-state index in [1.165, 1.54) is 5.56 Å². The number of nitrogens with one attached hydrogen (secondary N) is 1. The van der Waals surface area contributed by atoms with Crippen molar-refractivity contribution in [1.82, 2.24) is 5.32 Å². The first-order chi connectivity index (χ1) is 11.1. The van der Waals surface area contributed by atoms with Gasteiger partial charge >= 0.3 is 5.97 Å². The van der Waals surface area contributed by atoms with Gasteiger partial charge in [0.25, 0.3) is 0 Å². The minimum atomic E-state index is -0.911. The van der Waals surface area contributed by atoms with Crippen LogP contribution in [0.15, 0.2) is 48.5 Å². The highest BCUT2D eigenvalue weighted by atomic mass is 16.4. The Labute approximate surface area is 135 Å². The minimum absolute atomic E-state index is 0.0194. The molecule has 0 fully saturated rings. The van der Waals surface area contributed by atoms with Crippen LogP contribution in [0.3, 0.4) is 0 Å². The van der Waals surface area contributed by atoms with Crippen molar-refractivity contribution in [1.29, 1.82) is 0 Å². The SMILES string of the molecule is CC(=O)N[C@H]1CCC(c2ccc(C(=O)O)cc2)c2ccccc21. The zero-order valence-electron chi connectivity index (χ0n) is 13.0. The lowest BCUT2D eigenvalue weighted by molar-refractivity contribution is -0.119. The lowest BCUT2D eigenvalue weighted by atomic mass is 9.76. The van der Waals surface area contributed by atoms with Gasteiger partial charge in [-0.05, 0) is 41.7 Å². The lowest BCUT2D eigenvalue weighted by Crippen LogP contribution is -2.30. The van der Waals surface area contributed by atoms with Gasteiger partial charge in [0.1, 0.15) is 0 Å². The van der Waals surface area contributed by atoms with Crippen molar-refractivity contribution in [3.63, 3.8) is 0 Å². The molecule has 2 N–H and O–H groups in total. The number of aromatic carboxylic acids is 1. The predicted molar refractivity (Wildman–Crippen MR) is 87.5 cm³/mol. The second-order valence-electron chi connectivity index (χ2n) is 5.94. The highest BCUT2D eigenvalue weighted by Gasteiger charge is 2.28. The summed E-state index contributed by atoms with van der Waals surface area (Å²) in [5.74, 6) is -0.695. The second kappa shape index (κ2) is 6.24. The molecule has 0 aliphatic heterocycles. The summed E-state index contributed by atoms with van der Waals surface area (Å²) in [5, 5.41) is 12.0. The Balaban J connectivity index is 1.94. The van der Waals surface area contributed by atoms with Gasteiger partial charge in [-0.15, -0.1) is 0 Å². The summed E-state index contributed by atoms with van der Waals surface area (Å²) in [6.07, 6.45) is 1.80. The molecule has 0 spiro atoms. The zero-order valence-corrected chi connectivity index (χ0v) is 13.0. The second-order valence-corrected chi connectivity index (χ2v) is 5.94. The lowest BCUT2D eigenvalue weighted by Gasteiger charge is -2.32. The average molecular weight is 309 g/mol. The fraction of sp³-hybridized carbons (Fsp3) is 0.263. The monoisotopic (exact) mass is 309 g/mol. The van der Waals surface area contributed by atoms with Crippen LogP contribution < -0.4 is 5.32 Å². The normalized spacial score (nSPS) is 19.7. The molecule has 2 aromatic rings. The topological polar surface area (TPSA) is 66.4 Å². The molecule has 1 aliphatic rings. The highest BCUT2D eigenvalue weighted by molar-refractivity contribution is 5.87. The summed E-state index contributed by atoms with van der Waals surface area (Å²) in [6, 6.07) is 15.3. The maximum atomic E-state index is 11.4. The molecule has 0 aromatic heterocycles. The molecule has 1 amide bonds. The third-order valence-corrected chi connectivity index (χ3v) is 4.43. The van der Waals surface area contributed by atoms with Crippen LogP contribution in [0.2, 0.25) is 0 Å². The van der Waals surface area contributed by atoms with Gasteiger partial charge < -0.3 is 10.4 Å². The molecule has 0 radical (unpaired) electrons. The Morgan fingerprint density at radius 3 is 2.26 bits per heavy atom. The molecule has 118 valence electrons. The molecule has 4 nitrogen and oxygen atoms in total. The molecule has 0 saturated carbocycles. The highest BCUT2D eigenvalue weighted by Crippen LogP contribution is 2.41. The Hall–Kier alpha value is -2.62. The van der Waals surface area contributed by atoms with Crippen molar-refractivity contribution >= 4 is 11.9 Å². The molecule has 1 aliphatic carbocycles. The molecule has 1 unspecified atom stereocenters. The van der Waals surface area contributed by atoms with Gasteiger partial charge in [0.2, 0.25) is 5.91 Å². The van der Waals surface area contributed by atoms with Crippen molar-refractivity contribution in [3.8, 4) is 0 Å². The van der Waals surface area contributed by atoms with Crippen LogP contribution in [-0.2, 0) is 4.79 Å². The molecular weight excluding hydrogens is 290 g/mol. The maximum Gasteiger partial charge on any atom is 0.335 e. The number of hydrogen-bond acceptors (Lipinski definition) is 2. The molecule has 0 heterocycles. The molecule has 4 heteroatoms. The third kappa shape index (κ3) is 3.11. The number of benzene rings is 2. The first-order valence-electron chi connectivity index (χ1n) is 7.75. The summed E-state index contributed by atoms with van der Waals surface area (Å²) in [6.45, 7) is 1.54. The zero-order chi connectivity index (χ0) is 16.4. The Bertz CT molecular complexity index is 737. The van der Waals surface area contributed by atoms with Gasteiger partial charge in [-0.2, -0.15) is 0 Å². The van der Waals surface area contributed by atoms with Crippen LogP contribution in [0.4, 0.5) is 0 Å². The van der Waals surface area contributed by atoms with Crippen LogP contribution >= 0.6 is 0 Å². The molecule has 2 aromatic carbocycles. The summed E-state index contributed by atoms with van der Waals surface area (Å²) in [4.78, 5) is 22.4. The van der Waals surface area contributed by atoms with E-state index in [4.69, 9.17) is 5.11 Å². The van der Waals surface area contributed by atoms with Crippen LogP contribution in [0.1, 0.15) is 58.8 Å². The first-order valence-corrected chi connectivity index (χ1v) is 7.75. The van der Waals surface area contributed by atoms with Crippen molar-refractivity contribution in [2.24, 2.45) is 0 Å². The van der Waals surface area contributed by atoms with Gasteiger partial charge in [-0.3, -0.25) is 4.79 Å². The smallest absolute Gasteiger partial charge is 0.335 e. The standard InChI is InChI=1S/C19H19NO3/c1-12(21)20-18-11-10-15(16-4-2-3-5-17(16)18)13-6-8-14(9-7-13)19(22)23/h2-9,15,18H,10-11H2,1H3,(H,20,21)(H,22,23)/t15?,18-/m0/s1. The number of carboxylic acid groups (broad SMARTS) is 1. The Morgan fingerprint density at radius 1 is 1.00 bits per heavy atom. The Kier molecular flexibility index (Phi) is 4.15. The largest absolute Gasteiger partial charge is 0.478 e. The summed E-state index contributed by atoms with van der Waals surface area (Å²) in [5.41, 5.74) is 3.78. The first kappa shape index (κ1) is 15.3. The summed E-state index contributed by atoms with van der Waals surface area (Å²) in [7, 11) is 0. The van der Waals surface area contributed by atoms with Crippen molar-refractivity contribution in [3.05, 3.63) is 70.8 Å². The fourth-order valence-electron chi connectivity index (χ4n) is 3.39. The number of fused-ring (bicyclic) bond motifs is 1. The third-order valence-electron chi connectivity index (χ3n) is 4.43. The van der Waals surface area contributed by atoms with E-state index in [0.29, 0.717) is 5.56 Å². The number of amides is 1. The van der Waals surface area contributed by atoms with Crippen LogP contribution in [-0.4, -0.2) is 17.0 Å². The van der Waals surface area contributed by atoms with Crippen molar-refractivity contribution < 1.29 is 14.7 Å². The van der Waals surface area contributed by atoms with E-state index in [-0.39, 0.29) is 17.9 Å². The van der Waals surface area contributed by atoms with Crippen molar-refractivity contribution in [2.75, 3.05) is 0 Å². The fourth-order valence-corrected chi connectivity index (χ4v) is 3.39. The van der Waals surface area contributed by atoms with Gasteiger partial charge in [-0.25, -0.2) is 4.79 Å². The number of rotatable bonds is 3. The van der Waals surface area contributed by atoms with E-state index in [9.17, 15) is 9.59 Å². The van der Waals surface area contributed by atoms with Crippen LogP contribution in [0, 0.1) is 0 Å². The molecule has 0 saturated heterocycles. The van der Waals surface area contributed by atoms with E-state index in [2.05, 4.69) is 17.4 Å².